The number of nitrogens with one attached hydrogen (secondary N) is 2. The van der Waals surface area contributed by atoms with Gasteiger partial charge < -0.3 is 29.7 Å². The van der Waals surface area contributed by atoms with Gasteiger partial charge >= 0.3 is 12.2 Å². The molecular weight excluding hydrogens is 532 g/mol. The Morgan fingerprint density at radius 3 is 2.50 bits per heavy atom. The van der Waals surface area contributed by atoms with Crippen molar-refractivity contribution in [2.24, 2.45) is 0 Å². The van der Waals surface area contributed by atoms with Crippen molar-refractivity contribution in [3.05, 3.63) is 60.5 Å². The van der Waals surface area contributed by atoms with E-state index in [4.69, 9.17) is 14.2 Å². The maximum absolute atomic E-state index is 15.4. The fourth-order valence-electron chi connectivity index (χ4n) is 3.96. The van der Waals surface area contributed by atoms with Crippen molar-refractivity contribution in [1.29, 1.82) is 0 Å². The third-order valence-corrected chi connectivity index (χ3v) is 5.84. The molecule has 0 spiro atoms. The zero-order valence-corrected chi connectivity index (χ0v) is 22.1. The Hall–Kier alpha value is -4.32. The highest BCUT2D eigenvalue weighted by molar-refractivity contribution is 5.94. The molecule has 1 aromatic heterocycles. The fraction of sp³-hybridized carbons (Fsp3) is 0.286. The van der Waals surface area contributed by atoms with E-state index in [9.17, 15) is 18.0 Å². The van der Waals surface area contributed by atoms with Gasteiger partial charge in [0, 0.05) is 35.3 Å². The van der Waals surface area contributed by atoms with Gasteiger partial charge in [-0.2, -0.15) is 13.2 Å². The molecule has 3 aromatic carbocycles. The van der Waals surface area contributed by atoms with Gasteiger partial charge in [0.1, 0.15) is 12.3 Å². The van der Waals surface area contributed by atoms with Crippen molar-refractivity contribution in [1.82, 2.24) is 15.2 Å². The van der Waals surface area contributed by atoms with E-state index in [1.165, 1.54) is 31.4 Å². The van der Waals surface area contributed by atoms with Crippen LogP contribution in [0.25, 0.3) is 21.7 Å². The molecule has 40 heavy (non-hydrogen) atoms. The molecule has 8 nitrogen and oxygen atoms in total. The number of carbonyl (C=O) groups excluding carboxylic acids is 1. The van der Waals surface area contributed by atoms with Crippen molar-refractivity contribution in [2.45, 2.75) is 12.6 Å². The van der Waals surface area contributed by atoms with Crippen molar-refractivity contribution < 1.29 is 36.6 Å². The molecule has 0 aliphatic rings. The molecule has 4 rings (SSSR count). The second kappa shape index (κ2) is 12.2. The number of hydrogen-bond acceptors (Lipinski definition) is 6. The van der Waals surface area contributed by atoms with Crippen LogP contribution in [0.5, 0.6) is 23.0 Å². The third-order valence-electron chi connectivity index (χ3n) is 5.84. The number of urea groups is 1. The summed E-state index contributed by atoms with van der Waals surface area (Å²) in [5.41, 5.74) is 0.772. The number of aromatic nitrogens is 1. The zero-order chi connectivity index (χ0) is 28.9. The molecule has 2 amide bonds. The minimum Gasteiger partial charge on any atom is -0.493 e. The number of benzene rings is 3. The molecular formula is C28H28F4N4O4. The molecule has 0 saturated heterocycles. The number of rotatable bonds is 10. The number of pyridine rings is 1. The summed E-state index contributed by atoms with van der Waals surface area (Å²) in [4.78, 5) is 18.2. The predicted octanol–water partition coefficient (Wildman–Crippen LogP) is 6.34. The lowest BCUT2D eigenvalue weighted by atomic mass is 10.1. The van der Waals surface area contributed by atoms with Crippen LogP contribution in [0.1, 0.15) is 6.42 Å². The topological polar surface area (TPSA) is 85.0 Å². The van der Waals surface area contributed by atoms with Crippen LogP contribution in [-0.2, 0) is 0 Å². The average Bonchev–Trinajstić information content (AvgIpc) is 2.90. The highest BCUT2D eigenvalue weighted by atomic mass is 19.4. The van der Waals surface area contributed by atoms with Gasteiger partial charge in [-0.05, 0) is 62.3 Å². The van der Waals surface area contributed by atoms with Gasteiger partial charge in [-0.1, -0.05) is 6.07 Å². The number of methoxy groups -OCH3 is 1. The zero-order valence-electron chi connectivity index (χ0n) is 22.1. The quantitative estimate of drug-likeness (QED) is 0.174. The van der Waals surface area contributed by atoms with E-state index in [1.807, 2.05) is 14.1 Å². The van der Waals surface area contributed by atoms with Gasteiger partial charge in [0.25, 0.3) is 0 Å². The smallest absolute Gasteiger partial charge is 0.405 e. The lowest BCUT2D eigenvalue weighted by molar-refractivity contribution is -0.122. The van der Waals surface area contributed by atoms with Crippen LogP contribution in [0.3, 0.4) is 0 Å². The van der Waals surface area contributed by atoms with Crippen LogP contribution in [-0.4, -0.2) is 63.0 Å². The van der Waals surface area contributed by atoms with Crippen LogP contribution in [0.15, 0.2) is 54.7 Å². The number of halogens is 4. The summed E-state index contributed by atoms with van der Waals surface area (Å²) >= 11 is 0. The molecule has 0 unspecified atom stereocenters. The summed E-state index contributed by atoms with van der Waals surface area (Å²) in [6.45, 7) is -0.102. The van der Waals surface area contributed by atoms with Crippen LogP contribution >= 0.6 is 0 Å². The molecule has 12 heteroatoms. The Bertz CT molecular complexity index is 1510. The van der Waals surface area contributed by atoms with E-state index < -0.39 is 24.6 Å². The summed E-state index contributed by atoms with van der Waals surface area (Å²) < 4.78 is 69.7. The van der Waals surface area contributed by atoms with Crippen LogP contribution in [0.4, 0.5) is 28.0 Å². The maximum Gasteiger partial charge on any atom is 0.405 e. The molecule has 0 aliphatic heterocycles. The standard InChI is InChI=1S/C28H28F4N4O4/c1-36(2)11-4-12-39-25-15-21-20(14-24(25)38-3)22(9-10-33-21)40-23-8-5-17-13-18(6-7-19(17)26(23)29)35-27(37)34-16-28(30,31)32/h5-10,13-15H,4,11-12,16H2,1-3H3,(H2,34,35,37). The average molecular weight is 561 g/mol. The number of hydrogen-bond donors (Lipinski definition) is 2. The van der Waals surface area contributed by atoms with Crippen LogP contribution < -0.4 is 24.8 Å². The minimum absolute atomic E-state index is 0.0494. The molecule has 2 N–H and O–H groups in total. The molecule has 0 bridgehead atoms. The number of nitrogens with zero attached hydrogens (tertiary/aromatic N) is 2. The third kappa shape index (κ3) is 7.20. The Kier molecular flexibility index (Phi) is 8.78. The summed E-state index contributed by atoms with van der Waals surface area (Å²) in [6.07, 6.45) is -2.16. The normalized spacial score (nSPS) is 11.6. The van der Waals surface area contributed by atoms with E-state index in [-0.39, 0.29) is 16.8 Å². The van der Waals surface area contributed by atoms with Crippen molar-refractivity contribution in [2.75, 3.05) is 46.2 Å². The number of amides is 2. The van der Waals surface area contributed by atoms with Gasteiger partial charge in [-0.25, -0.2) is 9.18 Å². The molecule has 0 atom stereocenters. The fourth-order valence-corrected chi connectivity index (χ4v) is 3.96. The first kappa shape index (κ1) is 28.7. The highest BCUT2D eigenvalue weighted by Gasteiger charge is 2.27. The summed E-state index contributed by atoms with van der Waals surface area (Å²) in [6, 6.07) is 11.3. The molecule has 0 saturated carbocycles. The van der Waals surface area contributed by atoms with Gasteiger partial charge in [0.2, 0.25) is 0 Å². The molecule has 0 aliphatic carbocycles. The van der Waals surface area contributed by atoms with E-state index in [2.05, 4.69) is 15.2 Å². The van der Waals surface area contributed by atoms with Gasteiger partial charge in [-0.3, -0.25) is 4.98 Å². The summed E-state index contributed by atoms with van der Waals surface area (Å²) in [5.74, 6) is 0.663. The number of ether oxygens (including phenoxy) is 3. The van der Waals surface area contributed by atoms with Crippen molar-refractivity contribution in [3.8, 4) is 23.0 Å². The van der Waals surface area contributed by atoms with E-state index in [0.29, 0.717) is 40.1 Å². The predicted molar refractivity (Wildman–Crippen MR) is 144 cm³/mol. The Morgan fingerprint density at radius 2 is 1.77 bits per heavy atom. The lowest BCUT2D eigenvalue weighted by Crippen LogP contribution is -2.36. The highest BCUT2D eigenvalue weighted by Crippen LogP contribution is 2.38. The van der Waals surface area contributed by atoms with Gasteiger partial charge in [0.15, 0.2) is 23.1 Å². The van der Waals surface area contributed by atoms with E-state index in [1.54, 1.807) is 35.8 Å². The Labute approximate surface area is 227 Å². The Balaban J connectivity index is 1.54. The lowest BCUT2D eigenvalue weighted by Gasteiger charge is -2.15. The maximum atomic E-state index is 15.4. The molecule has 1 heterocycles. The van der Waals surface area contributed by atoms with Gasteiger partial charge in [0.05, 0.1) is 19.2 Å². The molecule has 0 fully saturated rings. The first-order valence-corrected chi connectivity index (χ1v) is 12.3. The van der Waals surface area contributed by atoms with E-state index >= 15 is 4.39 Å². The number of fused-ring (bicyclic) bond motifs is 2. The summed E-state index contributed by atoms with van der Waals surface area (Å²) in [7, 11) is 5.50. The van der Waals surface area contributed by atoms with Crippen LogP contribution in [0, 0.1) is 5.82 Å². The minimum atomic E-state index is -4.53. The largest absolute Gasteiger partial charge is 0.493 e. The molecule has 0 radical (unpaired) electrons. The van der Waals surface area contributed by atoms with Crippen molar-refractivity contribution >= 4 is 33.4 Å². The first-order valence-electron chi connectivity index (χ1n) is 12.3. The second-order valence-corrected chi connectivity index (χ2v) is 9.17. The van der Waals surface area contributed by atoms with E-state index in [0.717, 1.165) is 13.0 Å². The molecule has 4 aromatic rings. The monoisotopic (exact) mass is 560 g/mol. The van der Waals surface area contributed by atoms with Gasteiger partial charge in [-0.15, -0.1) is 0 Å². The van der Waals surface area contributed by atoms with Crippen LogP contribution in [0.2, 0.25) is 0 Å². The van der Waals surface area contributed by atoms with Crippen molar-refractivity contribution in [3.63, 3.8) is 0 Å². The molecule has 212 valence electrons. The second-order valence-electron chi connectivity index (χ2n) is 9.17. The Morgan fingerprint density at radius 1 is 0.975 bits per heavy atom. The number of anilines is 1. The summed E-state index contributed by atoms with van der Waals surface area (Å²) in [5, 5.41) is 5.22. The first-order chi connectivity index (χ1) is 19.0. The number of carbonyl (C=O) groups is 1. The SMILES string of the molecule is COc1cc2c(Oc3ccc4cc(NC(=O)NCC(F)(F)F)ccc4c3F)ccnc2cc1OCCCN(C)C. The number of alkyl halides is 3.